The largest absolute Gasteiger partial charge is 0.468 e. The van der Waals surface area contributed by atoms with Crippen LogP contribution in [0, 0.1) is 23.7 Å². The molecular weight excluding hydrogens is 418 g/mol. The molecule has 9 nitrogen and oxygen atoms in total. The maximum Gasteiger partial charge on any atom is 0.320 e. The van der Waals surface area contributed by atoms with Crippen LogP contribution in [-0.4, -0.2) is 35.3 Å². The lowest BCUT2D eigenvalue weighted by atomic mass is 9.43. The molecule has 2 unspecified atom stereocenters. The van der Waals surface area contributed by atoms with Gasteiger partial charge in [0.25, 0.3) is 5.91 Å². The first-order chi connectivity index (χ1) is 15.4. The van der Waals surface area contributed by atoms with Gasteiger partial charge in [0.2, 0.25) is 0 Å². The van der Waals surface area contributed by atoms with Gasteiger partial charge in [-0.1, -0.05) is 30.4 Å². The van der Waals surface area contributed by atoms with Crippen LogP contribution in [0.5, 0.6) is 0 Å². The van der Waals surface area contributed by atoms with Crippen LogP contribution in [0.3, 0.4) is 0 Å². The summed E-state index contributed by atoms with van der Waals surface area (Å²) in [5.41, 5.74) is -2.85. The van der Waals surface area contributed by atoms with Gasteiger partial charge in [0.05, 0.1) is 40.9 Å². The van der Waals surface area contributed by atoms with E-state index in [-0.39, 0.29) is 11.3 Å². The van der Waals surface area contributed by atoms with Crippen molar-refractivity contribution in [3.05, 3.63) is 72.2 Å². The topological polar surface area (TPSA) is 129 Å². The van der Waals surface area contributed by atoms with E-state index in [4.69, 9.17) is 13.9 Å². The van der Waals surface area contributed by atoms with Gasteiger partial charge in [-0.25, -0.2) is 0 Å². The smallest absolute Gasteiger partial charge is 0.320 e. The normalized spacial score (nSPS) is 36.5. The highest BCUT2D eigenvalue weighted by atomic mass is 16.6. The van der Waals surface area contributed by atoms with Gasteiger partial charge < -0.3 is 19.2 Å². The van der Waals surface area contributed by atoms with E-state index in [1.165, 1.54) is 12.3 Å². The summed E-state index contributed by atoms with van der Waals surface area (Å²) in [5.74, 6) is -8.61. The highest BCUT2D eigenvalue weighted by Gasteiger charge is 2.80. The van der Waals surface area contributed by atoms with Gasteiger partial charge >= 0.3 is 23.9 Å². The Bertz CT molecular complexity index is 1190. The highest BCUT2D eigenvalue weighted by Crippen LogP contribution is 2.65. The minimum atomic E-state index is -1.68. The molecular formula is C23H15NO8. The molecule has 5 aliphatic rings. The van der Waals surface area contributed by atoms with Crippen LogP contribution >= 0.6 is 0 Å². The zero-order valence-electron chi connectivity index (χ0n) is 16.3. The summed E-state index contributed by atoms with van der Waals surface area (Å²) in [6.45, 7) is 0. The number of carbonyl (C=O) groups excluding carboxylic acids is 5. The lowest BCUT2D eigenvalue weighted by molar-refractivity contribution is -0.154. The van der Waals surface area contributed by atoms with Gasteiger partial charge in [0.1, 0.15) is 5.76 Å². The Kier molecular flexibility index (Phi) is 3.53. The first-order valence-corrected chi connectivity index (χ1v) is 10.0. The predicted molar refractivity (Wildman–Crippen MR) is 102 cm³/mol. The number of nitrogens with one attached hydrogen (secondary N) is 1. The van der Waals surface area contributed by atoms with E-state index in [9.17, 15) is 24.0 Å². The second-order valence-electron chi connectivity index (χ2n) is 8.39. The van der Waals surface area contributed by atoms with Crippen LogP contribution < -0.4 is 5.32 Å². The summed E-state index contributed by atoms with van der Waals surface area (Å²) < 4.78 is 15.6. The molecule has 1 N–H and O–H groups in total. The lowest BCUT2D eigenvalue weighted by Crippen LogP contribution is -2.73. The summed E-state index contributed by atoms with van der Waals surface area (Å²) >= 11 is 0. The van der Waals surface area contributed by atoms with Gasteiger partial charge in [-0.15, -0.1) is 0 Å². The molecule has 0 spiro atoms. The molecule has 3 heterocycles. The van der Waals surface area contributed by atoms with E-state index in [2.05, 4.69) is 5.32 Å². The molecule has 9 heteroatoms. The summed E-state index contributed by atoms with van der Waals surface area (Å²) in [7, 11) is 0. The number of rotatable bonds is 3. The third-order valence-corrected chi connectivity index (χ3v) is 7.09. The number of allylic oxidation sites excluding steroid dienone is 1. The van der Waals surface area contributed by atoms with Gasteiger partial charge in [-0.05, 0) is 24.3 Å². The summed E-state index contributed by atoms with van der Waals surface area (Å²) in [5, 5.41) is 2.78. The monoisotopic (exact) mass is 433 g/mol. The van der Waals surface area contributed by atoms with Gasteiger partial charge in [-0.3, -0.25) is 24.0 Å². The molecule has 1 aromatic heterocycles. The second-order valence-corrected chi connectivity index (χ2v) is 8.39. The van der Waals surface area contributed by atoms with Crippen LogP contribution in [0.25, 0.3) is 0 Å². The molecule has 0 radical (unpaired) electrons. The van der Waals surface area contributed by atoms with Crippen molar-refractivity contribution < 1.29 is 37.9 Å². The first-order valence-electron chi connectivity index (χ1n) is 10.0. The van der Waals surface area contributed by atoms with Crippen molar-refractivity contribution in [1.29, 1.82) is 0 Å². The lowest BCUT2D eigenvalue weighted by Gasteiger charge is -2.56. The average molecular weight is 433 g/mol. The molecule has 1 aromatic carbocycles. The molecule has 6 atom stereocenters. The summed E-state index contributed by atoms with van der Waals surface area (Å²) in [6.07, 6.45) is 4.46. The van der Waals surface area contributed by atoms with Crippen LogP contribution in [0.4, 0.5) is 0 Å². The third-order valence-electron chi connectivity index (χ3n) is 7.09. The molecule has 2 aliphatic heterocycles. The number of furan rings is 1. The number of amides is 1. The molecule has 7 rings (SSSR count). The van der Waals surface area contributed by atoms with Crippen LogP contribution in [0.15, 0.2) is 65.3 Å². The van der Waals surface area contributed by atoms with Crippen molar-refractivity contribution >= 4 is 29.8 Å². The number of hydrogen-bond acceptors (Lipinski definition) is 8. The number of benzene rings is 1. The van der Waals surface area contributed by atoms with E-state index >= 15 is 0 Å². The molecule has 2 bridgehead atoms. The molecule has 2 saturated heterocycles. The number of esters is 4. The van der Waals surface area contributed by atoms with E-state index < -0.39 is 64.4 Å². The average Bonchev–Trinajstić information content (AvgIpc) is 3.50. The van der Waals surface area contributed by atoms with E-state index in [1.807, 2.05) is 0 Å². The summed E-state index contributed by atoms with van der Waals surface area (Å²) in [4.78, 5) is 64.8. The number of ether oxygens (including phenoxy) is 2. The zero-order chi connectivity index (χ0) is 22.3. The van der Waals surface area contributed by atoms with Gasteiger partial charge in [0.15, 0.2) is 0 Å². The number of carbonyl (C=O) groups is 5. The SMILES string of the molecule is O=C(NC12C=CC(c3ccco3)([C@@H]3C(=O)OC(=O)[C@@H]31)[C@H]1C(=O)OC(=O)[C@H]12)c1ccccc1. The first kappa shape index (κ1) is 18.7. The van der Waals surface area contributed by atoms with E-state index in [0.717, 1.165) is 0 Å². The minimum Gasteiger partial charge on any atom is -0.468 e. The van der Waals surface area contributed by atoms with Crippen molar-refractivity contribution in [2.24, 2.45) is 23.7 Å². The van der Waals surface area contributed by atoms with Gasteiger partial charge in [0, 0.05) is 5.56 Å². The molecule has 160 valence electrons. The van der Waals surface area contributed by atoms with Crippen molar-refractivity contribution in [2.75, 3.05) is 0 Å². The predicted octanol–water partition coefficient (Wildman–Crippen LogP) is 0.901. The fraction of sp³-hybridized carbons (Fsp3) is 0.261. The Morgan fingerprint density at radius 2 is 1.34 bits per heavy atom. The minimum absolute atomic E-state index is 0.236. The zero-order valence-corrected chi connectivity index (χ0v) is 16.3. The van der Waals surface area contributed by atoms with E-state index in [0.29, 0.717) is 0 Å². The summed E-state index contributed by atoms with van der Waals surface area (Å²) in [6, 6.07) is 11.4. The fourth-order valence-corrected chi connectivity index (χ4v) is 5.93. The Balaban J connectivity index is 1.60. The van der Waals surface area contributed by atoms with Crippen molar-refractivity contribution in [2.45, 2.75) is 11.0 Å². The van der Waals surface area contributed by atoms with Crippen molar-refractivity contribution in [3.63, 3.8) is 0 Å². The van der Waals surface area contributed by atoms with Crippen LogP contribution in [0.2, 0.25) is 0 Å². The van der Waals surface area contributed by atoms with Crippen molar-refractivity contribution in [1.82, 2.24) is 5.32 Å². The van der Waals surface area contributed by atoms with Crippen LogP contribution in [-0.2, 0) is 34.1 Å². The Morgan fingerprint density at radius 1 is 0.750 bits per heavy atom. The highest BCUT2D eigenvalue weighted by molar-refractivity contribution is 6.07. The molecule has 3 fully saturated rings. The molecule has 2 aromatic rings. The Morgan fingerprint density at radius 3 is 1.91 bits per heavy atom. The maximum atomic E-state index is 13.1. The van der Waals surface area contributed by atoms with Crippen LogP contribution in [0.1, 0.15) is 16.1 Å². The Labute approximate surface area is 180 Å². The number of hydrogen-bond donors (Lipinski definition) is 1. The molecule has 1 amide bonds. The second kappa shape index (κ2) is 6.03. The molecule has 3 aliphatic carbocycles. The maximum absolute atomic E-state index is 13.1. The molecule has 1 saturated carbocycles. The van der Waals surface area contributed by atoms with Gasteiger partial charge in [-0.2, -0.15) is 0 Å². The number of cyclic esters (lactones) is 4. The fourth-order valence-electron chi connectivity index (χ4n) is 5.93. The van der Waals surface area contributed by atoms with Crippen molar-refractivity contribution in [3.8, 4) is 0 Å². The van der Waals surface area contributed by atoms with E-state index in [1.54, 1.807) is 48.5 Å². The quantitative estimate of drug-likeness (QED) is 0.430. The standard InChI is InChI=1S/C23H15NO8/c25-17(11-5-2-1-3-6-11)24-23-9-8-22(12-7-4-10-30-12,13-15(23)20(28)31-18(13)26)14-16(23)21(29)32-19(14)27/h1-10,13-16H,(H,24,25)/t13-,14+,15+,16-,22?,23?. The Hall–Kier alpha value is -4.01. The third kappa shape index (κ3) is 2.05. The molecule has 32 heavy (non-hydrogen) atoms.